The van der Waals surface area contributed by atoms with Crippen LogP contribution in [0.15, 0.2) is 29.2 Å². The summed E-state index contributed by atoms with van der Waals surface area (Å²) in [6.07, 6.45) is 1.37. The second-order valence-electron chi connectivity index (χ2n) is 2.30. The lowest BCUT2D eigenvalue weighted by Crippen LogP contribution is -1.93. The summed E-state index contributed by atoms with van der Waals surface area (Å²) >= 11 is 5.64. The Labute approximate surface area is 71.2 Å². The van der Waals surface area contributed by atoms with Crippen molar-refractivity contribution in [2.75, 3.05) is 6.26 Å². The standard InChI is InChI=1S/C7H8ClNOS/c1-11(9,10)7-4-2-3-6(8)5-7/h2-5,9H,1H3. The quantitative estimate of drug-likeness (QED) is 0.724. The Kier molecular flexibility index (Phi) is 2.20. The first-order valence-electron chi connectivity index (χ1n) is 2.99. The molecule has 2 nitrogen and oxygen atoms in total. The fraction of sp³-hybridized carbons (Fsp3) is 0.143. The highest BCUT2D eigenvalue weighted by Crippen LogP contribution is 2.15. The van der Waals surface area contributed by atoms with E-state index in [1.165, 1.54) is 6.26 Å². The molecule has 11 heavy (non-hydrogen) atoms. The van der Waals surface area contributed by atoms with Gasteiger partial charge in [-0.15, -0.1) is 0 Å². The molecule has 60 valence electrons. The molecule has 1 unspecified atom stereocenters. The largest absolute Gasteiger partial charge is 0.249 e. The summed E-state index contributed by atoms with van der Waals surface area (Å²) in [6, 6.07) is 6.57. The number of benzene rings is 1. The van der Waals surface area contributed by atoms with Crippen molar-refractivity contribution in [2.45, 2.75) is 4.90 Å². The topological polar surface area (TPSA) is 40.9 Å². The average molecular weight is 190 g/mol. The van der Waals surface area contributed by atoms with Gasteiger partial charge in [0, 0.05) is 16.2 Å². The van der Waals surface area contributed by atoms with Crippen LogP contribution in [0.4, 0.5) is 0 Å². The first kappa shape index (κ1) is 8.56. The van der Waals surface area contributed by atoms with Gasteiger partial charge in [0.05, 0.1) is 9.73 Å². The normalized spacial score (nSPS) is 15.8. The Bertz CT molecular complexity index is 358. The molecule has 0 amide bonds. The fourth-order valence-electron chi connectivity index (χ4n) is 0.709. The van der Waals surface area contributed by atoms with E-state index in [9.17, 15) is 4.21 Å². The summed E-state index contributed by atoms with van der Waals surface area (Å²) < 4.78 is 18.4. The molecule has 0 fully saturated rings. The zero-order valence-corrected chi connectivity index (χ0v) is 7.58. The smallest absolute Gasteiger partial charge is 0.0697 e. The molecule has 1 atom stereocenters. The van der Waals surface area contributed by atoms with Gasteiger partial charge in [-0.3, -0.25) is 0 Å². The van der Waals surface area contributed by atoms with E-state index in [1.54, 1.807) is 24.3 Å². The number of hydrogen-bond donors (Lipinski definition) is 1. The first-order chi connectivity index (χ1) is 5.00. The molecule has 0 saturated heterocycles. The molecular formula is C7H8ClNOS. The minimum Gasteiger partial charge on any atom is -0.249 e. The van der Waals surface area contributed by atoms with Crippen LogP contribution in [0.5, 0.6) is 0 Å². The van der Waals surface area contributed by atoms with Crippen molar-refractivity contribution in [2.24, 2.45) is 0 Å². The van der Waals surface area contributed by atoms with Gasteiger partial charge in [0.1, 0.15) is 0 Å². The summed E-state index contributed by atoms with van der Waals surface area (Å²) in [5.74, 6) is 0. The number of hydrogen-bond acceptors (Lipinski definition) is 2. The summed E-state index contributed by atoms with van der Waals surface area (Å²) in [4.78, 5) is 0.477. The van der Waals surface area contributed by atoms with Crippen LogP contribution >= 0.6 is 11.6 Å². The van der Waals surface area contributed by atoms with Gasteiger partial charge in [0.15, 0.2) is 0 Å². The van der Waals surface area contributed by atoms with Crippen LogP contribution in [-0.2, 0) is 9.73 Å². The van der Waals surface area contributed by atoms with Crippen LogP contribution in [0, 0.1) is 4.78 Å². The lowest BCUT2D eigenvalue weighted by Gasteiger charge is -1.99. The Balaban J connectivity index is 3.28. The van der Waals surface area contributed by atoms with E-state index in [-0.39, 0.29) is 0 Å². The molecule has 0 aliphatic heterocycles. The molecule has 0 bridgehead atoms. The molecule has 0 radical (unpaired) electrons. The van der Waals surface area contributed by atoms with E-state index in [1.807, 2.05) is 0 Å². The SMILES string of the molecule is CS(=N)(=O)c1cccc(Cl)c1. The van der Waals surface area contributed by atoms with Crippen LogP contribution in [0.25, 0.3) is 0 Å². The maximum absolute atomic E-state index is 11.1. The monoisotopic (exact) mass is 189 g/mol. The Morgan fingerprint density at radius 1 is 1.55 bits per heavy atom. The zero-order chi connectivity index (χ0) is 8.48. The minimum atomic E-state index is -2.61. The van der Waals surface area contributed by atoms with Crippen LogP contribution in [0.3, 0.4) is 0 Å². The third kappa shape index (κ3) is 2.20. The van der Waals surface area contributed by atoms with Crippen LogP contribution in [0.2, 0.25) is 5.02 Å². The second-order valence-corrected chi connectivity index (χ2v) is 4.90. The summed E-state index contributed by atoms with van der Waals surface area (Å²) in [5.41, 5.74) is 0. The average Bonchev–Trinajstić information content (AvgIpc) is 1.86. The van der Waals surface area contributed by atoms with E-state index in [2.05, 4.69) is 0 Å². The molecule has 0 saturated carbocycles. The van der Waals surface area contributed by atoms with Crippen molar-refractivity contribution >= 4 is 21.3 Å². The summed E-state index contributed by atoms with van der Waals surface area (Å²) in [6.45, 7) is 0. The highest BCUT2D eigenvalue weighted by Gasteiger charge is 2.01. The third-order valence-electron chi connectivity index (χ3n) is 1.25. The highest BCUT2D eigenvalue weighted by molar-refractivity contribution is 7.91. The van der Waals surface area contributed by atoms with Gasteiger partial charge in [0.25, 0.3) is 0 Å². The van der Waals surface area contributed by atoms with Crippen molar-refractivity contribution < 1.29 is 4.21 Å². The Morgan fingerprint density at radius 3 is 2.55 bits per heavy atom. The van der Waals surface area contributed by atoms with Gasteiger partial charge >= 0.3 is 0 Å². The maximum atomic E-state index is 11.1. The van der Waals surface area contributed by atoms with Crippen molar-refractivity contribution in [1.82, 2.24) is 0 Å². The second kappa shape index (κ2) is 2.83. The zero-order valence-electron chi connectivity index (χ0n) is 6.00. The third-order valence-corrected chi connectivity index (χ3v) is 2.63. The molecule has 1 aromatic carbocycles. The molecular weight excluding hydrogens is 182 g/mol. The highest BCUT2D eigenvalue weighted by atomic mass is 35.5. The van der Waals surface area contributed by atoms with Gasteiger partial charge in [0.2, 0.25) is 0 Å². The van der Waals surface area contributed by atoms with Gasteiger partial charge in [-0.25, -0.2) is 8.99 Å². The first-order valence-corrected chi connectivity index (χ1v) is 5.34. The van der Waals surface area contributed by atoms with Crippen molar-refractivity contribution in [3.8, 4) is 0 Å². The summed E-state index contributed by atoms with van der Waals surface area (Å²) in [7, 11) is -2.61. The van der Waals surface area contributed by atoms with Gasteiger partial charge in [-0.2, -0.15) is 0 Å². The Hall–Kier alpha value is -0.540. The van der Waals surface area contributed by atoms with Crippen molar-refractivity contribution in [1.29, 1.82) is 4.78 Å². The number of rotatable bonds is 1. The maximum Gasteiger partial charge on any atom is 0.0697 e. The van der Waals surface area contributed by atoms with Gasteiger partial charge in [-0.1, -0.05) is 17.7 Å². The number of nitrogens with one attached hydrogen (secondary N) is 1. The lowest BCUT2D eigenvalue weighted by atomic mass is 10.4. The molecule has 0 aliphatic rings. The number of halogens is 1. The van der Waals surface area contributed by atoms with Crippen LogP contribution < -0.4 is 0 Å². The molecule has 1 aromatic rings. The minimum absolute atomic E-state index is 0.477. The molecule has 1 N–H and O–H groups in total. The van der Waals surface area contributed by atoms with E-state index < -0.39 is 9.73 Å². The van der Waals surface area contributed by atoms with E-state index in [0.29, 0.717) is 9.92 Å². The van der Waals surface area contributed by atoms with E-state index >= 15 is 0 Å². The molecule has 0 aromatic heterocycles. The van der Waals surface area contributed by atoms with Crippen molar-refractivity contribution in [3.05, 3.63) is 29.3 Å². The predicted octanol–water partition coefficient (Wildman–Crippen LogP) is 2.38. The lowest BCUT2D eigenvalue weighted by molar-refractivity contribution is 0.679. The Morgan fingerprint density at radius 2 is 2.18 bits per heavy atom. The van der Waals surface area contributed by atoms with E-state index in [4.69, 9.17) is 16.4 Å². The predicted molar refractivity (Wildman–Crippen MR) is 46.5 cm³/mol. The molecule has 0 spiro atoms. The molecule has 0 aliphatic carbocycles. The molecule has 1 rings (SSSR count). The summed E-state index contributed by atoms with van der Waals surface area (Å²) in [5, 5.41) is 0.518. The van der Waals surface area contributed by atoms with Crippen molar-refractivity contribution in [3.63, 3.8) is 0 Å². The molecule has 0 heterocycles. The van der Waals surface area contributed by atoms with Crippen LogP contribution in [-0.4, -0.2) is 10.5 Å². The van der Waals surface area contributed by atoms with Gasteiger partial charge < -0.3 is 0 Å². The van der Waals surface area contributed by atoms with Gasteiger partial charge in [-0.05, 0) is 18.2 Å². The van der Waals surface area contributed by atoms with Crippen LogP contribution in [0.1, 0.15) is 0 Å². The van der Waals surface area contributed by atoms with E-state index in [0.717, 1.165) is 0 Å². The molecule has 4 heteroatoms. The fourth-order valence-corrected chi connectivity index (χ4v) is 1.65.